The van der Waals surface area contributed by atoms with Crippen LogP contribution in [0.2, 0.25) is 0 Å². The van der Waals surface area contributed by atoms with Gasteiger partial charge in [-0.15, -0.1) is 102 Å². The fourth-order valence-electron chi connectivity index (χ4n) is 19.0. The summed E-state index contributed by atoms with van der Waals surface area (Å²) in [6.07, 6.45) is 72.5. The van der Waals surface area contributed by atoms with Crippen molar-refractivity contribution in [1.82, 2.24) is 0 Å². The molecule has 18 bridgehead atoms. The summed E-state index contributed by atoms with van der Waals surface area (Å²) >= 11 is 18.1. The van der Waals surface area contributed by atoms with Crippen LogP contribution in [0.3, 0.4) is 0 Å². The average molecular weight is 1890 g/mol. The Balaban J connectivity index is 1.25. The molecule has 0 fully saturated rings. The van der Waals surface area contributed by atoms with Gasteiger partial charge in [0.05, 0.1) is 29.3 Å². The van der Waals surface area contributed by atoms with Crippen LogP contribution in [0.1, 0.15) is 487 Å². The van der Waals surface area contributed by atoms with Crippen molar-refractivity contribution in [2.24, 2.45) is 0 Å². The summed E-state index contributed by atoms with van der Waals surface area (Å²) < 4.78 is 0. The molecule has 0 aromatic carbocycles. The highest BCUT2D eigenvalue weighted by Gasteiger charge is 2.29. The predicted molar refractivity (Wildman–Crippen MR) is 588 cm³/mol. The van der Waals surface area contributed by atoms with Crippen LogP contribution in [0, 0.1) is 71.0 Å². The van der Waals surface area contributed by atoms with Crippen molar-refractivity contribution in [2.75, 3.05) is 0 Å². The van der Waals surface area contributed by atoms with Crippen molar-refractivity contribution in [3.8, 4) is 130 Å². The normalized spacial score (nSPS) is 11.7. The molecule has 1 aliphatic heterocycles. The molecule has 9 heteroatoms. The van der Waals surface area contributed by atoms with Crippen molar-refractivity contribution in [3.05, 3.63) is 132 Å². The fraction of sp³-hybridized carbons (Fsp3) is 0.600. The maximum Gasteiger partial charge on any atom is 0.0820 e. The molecule has 0 radical (unpaired) electrons. The summed E-state index contributed by atoms with van der Waals surface area (Å²) in [7, 11) is 0. The van der Waals surface area contributed by atoms with Gasteiger partial charge in [-0.25, -0.2) is 0 Å². The number of hydrogen-bond acceptors (Lipinski definition) is 9. The molecule has 0 saturated carbocycles. The first kappa shape index (κ1) is 106. The van der Waals surface area contributed by atoms with Gasteiger partial charge in [0.25, 0.3) is 0 Å². The molecule has 0 aliphatic carbocycles. The van der Waals surface area contributed by atoms with Crippen LogP contribution < -0.4 is 0 Å². The zero-order chi connectivity index (χ0) is 90.8. The van der Waals surface area contributed by atoms with Crippen LogP contribution in [0.4, 0.5) is 0 Å². The highest BCUT2D eigenvalue weighted by atomic mass is 32.1. The Bertz CT molecular complexity index is 4360. The van der Waals surface area contributed by atoms with Gasteiger partial charge in [0, 0.05) is 58.5 Å². The summed E-state index contributed by atoms with van der Waals surface area (Å²) in [4.78, 5) is 24.6. The topological polar surface area (TPSA) is 0 Å². The second-order valence-corrected chi connectivity index (χ2v) is 46.4. The maximum atomic E-state index is 3.92. The molecule has 10 rings (SSSR count). The van der Waals surface area contributed by atoms with E-state index in [1.165, 1.54) is 429 Å². The summed E-state index contributed by atoms with van der Waals surface area (Å²) in [6, 6.07) is 15.0. The van der Waals surface area contributed by atoms with E-state index >= 15 is 0 Å². The largest absolute Gasteiger partial charge is 0.133 e. The number of hydrogen-bond donors (Lipinski definition) is 0. The number of unbranched alkanes of at least 4 members (excludes halogenated alkanes) is 36. The lowest BCUT2D eigenvalue weighted by atomic mass is 9.96. The van der Waals surface area contributed by atoms with Gasteiger partial charge < -0.3 is 0 Å². The highest BCUT2D eigenvalue weighted by molar-refractivity contribution is 7.28. The highest BCUT2D eigenvalue weighted by Crippen LogP contribution is 2.52. The molecule has 9 aromatic heterocycles. The third-order valence-electron chi connectivity index (χ3n) is 26.5. The summed E-state index contributed by atoms with van der Waals surface area (Å²) in [5.74, 6) is 45.5. The fourth-order valence-corrected chi connectivity index (χ4v) is 30.3. The van der Waals surface area contributed by atoms with Gasteiger partial charge in [0.15, 0.2) is 0 Å². The van der Waals surface area contributed by atoms with Gasteiger partial charge in [0.1, 0.15) is 0 Å². The quantitative estimate of drug-likeness (QED) is 0.0263. The third kappa shape index (κ3) is 32.4. The lowest BCUT2D eigenvalue weighted by molar-refractivity contribution is 0.652. The van der Waals surface area contributed by atoms with Gasteiger partial charge >= 0.3 is 0 Å². The molecule has 1 aliphatic rings. The standard InChI is InChI=1S/C120H162S9/c1-13-25-37-49-67-91-97(73-55-43-31-19-7)115-109-85-86-110(121-109)116-98(74-56-44-32-20-8)93(69-51-39-27-15-3)105(126-116)81-63-64-82-106-95(71-53-41-29-17-5)101(77-59-47-35-23-11)119(128-106)113-89-90-114(123-113)120-102(78-60-48-36-24-12)96(72-54-42-30-18-6)108(129-120)84-66-65-83-107-94(70-52-40-28-16-4)100(76-58-46-34-22-10)118(127-107)112-88-87-111(122-112)117-99(75-57-45-33-21-9)92(68-50-38-26-14-2)104(125-117)80-62-61-79-103(91)124-115/h85-90H,13-60,67-78H2,1-12H3. The number of thiophene rings is 9. The summed E-state index contributed by atoms with van der Waals surface area (Å²) in [5.41, 5.74) is 18.4. The van der Waals surface area contributed by atoms with Gasteiger partial charge in [-0.2, -0.15) is 0 Å². The zero-order valence-electron chi connectivity index (χ0n) is 82.6. The molecule has 696 valence electrons. The van der Waals surface area contributed by atoms with Gasteiger partial charge in [-0.1, -0.05) is 314 Å². The van der Waals surface area contributed by atoms with E-state index in [2.05, 4.69) is 191 Å². The Morgan fingerprint density at radius 2 is 0.256 bits per heavy atom. The lowest BCUT2D eigenvalue weighted by Crippen LogP contribution is -1.96. The second kappa shape index (κ2) is 61.6. The Morgan fingerprint density at radius 3 is 0.372 bits per heavy atom. The average Bonchev–Trinajstić information content (AvgIpc) is 1.63. The van der Waals surface area contributed by atoms with Crippen LogP contribution in [-0.2, 0) is 77.0 Å². The second-order valence-electron chi connectivity index (χ2n) is 37.0. The smallest absolute Gasteiger partial charge is 0.0820 e. The van der Waals surface area contributed by atoms with Gasteiger partial charge in [-0.3, -0.25) is 0 Å². The molecule has 0 nitrogen and oxygen atoms in total. The molecule has 129 heavy (non-hydrogen) atoms. The lowest BCUT2D eigenvalue weighted by Gasteiger charge is -2.09. The SMILES string of the molecule is CCCCCCc1c2sc(c1CCCCCC)-c1ccc(s1)-c1sc(c(CCCCCC)c1CCCCCC)C#CC#Cc1sc(c(CCCCCC)c1CCCCCC)-c1ccc(s1)-c1sc(c(CCCCCC)c1CCCCCC)C#CC#Cc1sc(c(CCCCCC)c1CCCCCC)-c1ccc(s1)-c1sc(c(CCCCCC)c1CCCCCC)C#CC#C2. The van der Waals surface area contributed by atoms with E-state index in [9.17, 15) is 0 Å². The Labute approximate surface area is 824 Å². The minimum atomic E-state index is 1.07. The number of rotatable bonds is 60. The van der Waals surface area contributed by atoms with Crippen LogP contribution in [0.5, 0.6) is 0 Å². The molecule has 0 saturated heterocycles. The molecule has 0 spiro atoms. The Kier molecular flexibility index (Phi) is 50.5. The van der Waals surface area contributed by atoms with E-state index in [4.69, 9.17) is 0 Å². The van der Waals surface area contributed by atoms with Crippen molar-refractivity contribution >= 4 is 102 Å². The Hall–Kier alpha value is -5.34. The van der Waals surface area contributed by atoms with Crippen LogP contribution in [0.15, 0.2) is 36.4 Å². The molecule has 10 heterocycles. The van der Waals surface area contributed by atoms with E-state index in [-0.39, 0.29) is 0 Å². The zero-order valence-corrected chi connectivity index (χ0v) is 89.9. The summed E-state index contributed by atoms with van der Waals surface area (Å²) in [5, 5.41) is 0. The molecule has 0 atom stereocenters. The molecular weight excluding hydrogens is 1730 g/mol. The van der Waals surface area contributed by atoms with E-state index < -0.39 is 0 Å². The molecular formula is C120H162S9. The van der Waals surface area contributed by atoms with Gasteiger partial charge in [0.2, 0.25) is 0 Å². The Morgan fingerprint density at radius 1 is 0.140 bits per heavy atom. The summed E-state index contributed by atoms with van der Waals surface area (Å²) in [6.45, 7) is 28.3. The van der Waals surface area contributed by atoms with Crippen molar-refractivity contribution in [2.45, 2.75) is 468 Å². The van der Waals surface area contributed by atoms with E-state index in [0.717, 1.165) is 77.0 Å². The first-order valence-corrected chi connectivity index (χ1v) is 60.2. The minimum absolute atomic E-state index is 1.07. The molecule has 0 amide bonds. The molecule has 0 N–H and O–H groups in total. The van der Waals surface area contributed by atoms with Crippen molar-refractivity contribution in [1.29, 1.82) is 0 Å². The van der Waals surface area contributed by atoms with Crippen LogP contribution in [-0.4, -0.2) is 0 Å². The van der Waals surface area contributed by atoms with Crippen molar-refractivity contribution in [3.63, 3.8) is 0 Å². The van der Waals surface area contributed by atoms with E-state index in [0.29, 0.717) is 0 Å². The van der Waals surface area contributed by atoms with E-state index in [1.54, 1.807) is 33.4 Å². The van der Waals surface area contributed by atoms with Crippen molar-refractivity contribution < 1.29 is 0 Å². The first-order chi connectivity index (χ1) is 63.6. The van der Waals surface area contributed by atoms with E-state index in [1.807, 2.05) is 102 Å². The monoisotopic (exact) mass is 1890 g/mol. The molecule has 9 aromatic rings. The van der Waals surface area contributed by atoms with Gasteiger partial charge in [-0.05, 0) is 328 Å². The van der Waals surface area contributed by atoms with Crippen LogP contribution >= 0.6 is 102 Å². The minimum Gasteiger partial charge on any atom is -0.133 e. The number of fused-ring (bicyclic) bond motifs is 24. The first-order valence-electron chi connectivity index (χ1n) is 52.9. The molecule has 0 unspecified atom stereocenters. The van der Waals surface area contributed by atoms with Crippen LogP contribution in [0.25, 0.3) is 58.5 Å². The third-order valence-corrected chi connectivity index (χ3v) is 37.9. The maximum absolute atomic E-state index is 3.92. The predicted octanol–water partition coefficient (Wildman–Crippen LogP) is 40.2.